The monoisotopic (exact) mass is 314 g/mol. The van der Waals surface area contributed by atoms with Gasteiger partial charge in [-0.2, -0.15) is 0 Å². The highest BCUT2D eigenvalue weighted by atomic mass is 35.5. The molecule has 0 amide bonds. The fourth-order valence-electron chi connectivity index (χ4n) is 1.61. The van der Waals surface area contributed by atoms with Crippen LogP contribution in [0.4, 0.5) is 21.5 Å². The van der Waals surface area contributed by atoms with Gasteiger partial charge in [-0.1, -0.05) is 11.6 Å². The Morgan fingerprint density at radius 1 is 1.20 bits per heavy atom. The first-order chi connectivity index (χ1) is 9.27. The summed E-state index contributed by atoms with van der Waals surface area (Å²) in [5, 5.41) is 2.90. The lowest BCUT2D eigenvalue weighted by Gasteiger charge is -2.10. The van der Waals surface area contributed by atoms with E-state index in [0.29, 0.717) is 11.4 Å². The normalized spacial score (nSPS) is 11.3. The lowest BCUT2D eigenvalue weighted by Crippen LogP contribution is -1.99. The molecule has 0 aliphatic carbocycles. The number of anilines is 3. The van der Waals surface area contributed by atoms with E-state index in [4.69, 9.17) is 17.3 Å². The second kappa shape index (κ2) is 5.30. The molecule has 0 aromatic heterocycles. The first-order valence-corrected chi connectivity index (χ1v) is 7.86. The van der Waals surface area contributed by atoms with E-state index in [2.05, 4.69) is 5.32 Å². The highest BCUT2D eigenvalue weighted by Gasteiger charge is 2.08. The standard InChI is InChI=1S/C13H12ClFN2O2S/c1-20(18,19)9-4-2-8(3-5-9)17-13-6-10(14)11(15)7-12(13)16/h2-7,17H,16H2,1H3. The molecule has 0 atom stereocenters. The third kappa shape index (κ3) is 3.20. The quantitative estimate of drug-likeness (QED) is 0.853. The van der Waals surface area contributed by atoms with Crippen molar-refractivity contribution in [3.63, 3.8) is 0 Å². The first-order valence-electron chi connectivity index (χ1n) is 5.59. The van der Waals surface area contributed by atoms with Crippen LogP contribution in [0.2, 0.25) is 5.02 Å². The van der Waals surface area contributed by atoms with Crippen molar-refractivity contribution in [2.45, 2.75) is 4.90 Å². The van der Waals surface area contributed by atoms with E-state index in [1.165, 1.54) is 18.2 Å². The van der Waals surface area contributed by atoms with Gasteiger partial charge in [0.2, 0.25) is 0 Å². The number of nitrogen functional groups attached to an aromatic ring is 1. The molecule has 0 saturated heterocycles. The summed E-state index contributed by atoms with van der Waals surface area (Å²) in [7, 11) is -3.24. The average Bonchev–Trinajstić information content (AvgIpc) is 2.35. The second-order valence-corrected chi connectivity index (χ2v) is 6.70. The van der Waals surface area contributed by atoms with Crippen LogP contribution in [0.25, 0.3) is 0 Å². The minimum Gasteiger partial charge on any atom is -0.397 e. The van der Waals surface area contributed by atoms with E-state index < -0.39 is 15.7 Å². The Balaban J connectivity index is 2.29. The van der Waals surface area contributed by atoms with E-state index in [1.54, 1.807) is 12.1 Å². The van der Waals surface area contributed by atoms with Gasteiger partial charge in [0.1, 0.15) is 5.82 Å². The van der Waals surface area contributed by atoms with Crippen molar-refractivity contribution in [1.29, 1.82) is 0 Å². The van der Waals surface area contributed by atoms with Crippen molar-refractivity contribution in [2.75, 3.05) is 17.3 Å². The van der Waals surface area contributed by atoms with Crippen molar-refractivity contribution in [2.24, 2.45) is 0 Å². The second-order valence-electron chi connectivity index (χ2n) is 4.28. The van der Waals surface area contributed by atoms with Crippen LogP contribution in [0.1, 0.15) is 0 Å². The summed E-state index contributed by atoms with van der Waals surface area (Å²) in [5.74, 6) is -0.595. The van der Waals surface area contributed by atoms with Crippen molar-refractivity contribution >= 4 is 38.5 Å². The van der Waals surface area contributed by atoms with Gasteiger partial charge >= 0.3 is 0 Å². The summed E-state index contributed by atoms with van der Waals surface area (Å²) < 4.78 is 35.9. The van der Waals surface area contributed by atoms with E-state index >= 15 is 0 Å². The van der Waals surface area contributed by atoms with Crippen molar-refractivity contribution < 1.29 is 12.8 Å². The maximum absolute atomic E-state index is 13.2. The maximum Gasteiger partial charge on any atom is 0.175 e. The number of nitrogens with two attached hydrogens (primary N) is 1. The number of nitrogens with one attached hydrogen (secondary N) is 1. The number of halogens is 2. The molecule has 3 N–H and O–H groups in total. The van der Waals surface area contributed by atoms with Crippen molar-refractivity contribution in [3.8, 4) is 0 Å². The summed E-state index contributed by atoms with van der Waals surface area (Å²) in [5.41, 5.74) is 6.95. The predicted octanol–water partition coefficient (Wildman–Crippen LogP) is 3.21. The molecule has 20 heavy (non-hydrogen) atoms. The number of benzene rings is 2. The molecule has 0 heterocycles. The van der Waals surface area contributed by atoms with Crippen LogP contribution < -0.4 is 11.1 Å². The third-order valence-corrected chi connectivity index (χ3v) is 4.07. The van der Waals surface area contributed by atoms with Crippen molar-refractivity contribution in [1.82, 2.24) is 0 Å². The van der Waals surface area contributed by atoms with Crippen LogP contribution in [0.15, 0.2) is 41.3 Å². The van der Waals surface area contributed by atoms with Gasteiger partial charge in [0.15, 0.2) is 9.84 Å². The Hall–Kier alpha value is -1.79. The van der Waals surface area contributed by atoms with Crippen LogP contribution in [0.5, 0.6) is 0 Å². The third-order valence-electron chi connectivity index (χ3n) is 2.65. The van der Waals surface area contributed by atoms with Gasteiger partial charge in [-0.15, -0.1) is 0 Å². The zero-order chi connectivity index (χ0) is 14.9. The minimum atomic E-state index is -3.24. The molecule has 0 aliphatic heterocycles. The van der Waals surface area contributed by atoms with E-state index in [1.807, 2.05) is 0 Å². The number of rotatable bonds is 3. The summed E-state index contributed by atoms with van der Waals surface area (Å²) in [4.78, 5) is 0.216. The van der Waals surface area contributed by atoms with Gasteiger partial charge in [0.05, 0.1) is 21.3 Å². The zero-order valence-electron chi connectivity index (χ0n) is 10.5. The van der Waals surface area contributed by atoms with Crippen molar-refractivity contribution in [3.05, 3.63) is 47.2 Å². The summed E-state index contributed by atoms with van der Waals surface area (Å²) >= 11 is 5.69. The molecule has 0 unspecified atom stereocenters. The van der Waals surface area contributed by atoms with E-state index in [9.17, 15) is 12.8 Å². The fourth-order valence-corrected chi connectivity index (χ4v) is 2.41. The maximum atomic E-state index is 13.2. The number of sulfone groups is 1. The Labute approximate surface area is 121 Å². The van der Waals surface area contributed by atoms with Gasteiger partial charge < -0.3 is 11.1 Å². The molecule has 4 nitrogen and oxygen atoms in total. The summed E-state index contributed by atoms with van der Waals surface area (Å²) in [6.07, 6.45) is 1.13. The van der Waals surface area contributed by atoms with Gasteiger partial charge in [-0.3, -0.25) is 0 Å². The lowest BCUT2D eigenvalue weighted by atomic mass is 10.2. The molecule has 0 aliphatic rings. The Bertz CT molecular complexity index is 746. The fraction of sp³-hybridized carbons (Fsp3) is 0.0769. The Morgan fingerprint density at radius 3 is 2.35 bits per heavy atom. The summed E-state index contributed by atoms with van der Waals surface area (Å²) in [6, 6.07) is 8.62. The largest absolute Gasteiger partial charge is 0.397 e. The number of hydrogen-bond donors (Lipinski definition) is 2. The topological polar surface area (TPSA) is 72.2 Å². The predicted molar refractivity (Wildman–Crippen MR) is 78.7 cm³/mol. The highest BCUT2D eigenvalue weighted by Crippen LogP contribution is 2.29. The first kappa shape index (κ1) is 14.6. The molecule has 0 bridgehead atoms. The van der Waals surface area contributed by atoms with Crippen LogP contribution in [-0.2, 0) is 9.84 Å². The molecule has 2 aromatic carbocycles. The highest BCUT2D eigenvalue weighted by molar-refractivity contribution is 7.90. The molecule has 0 fully saturated rings. The van der Waals surface area contributed by atoms with E-state index in [0.717, 1.165) is 12.3 Å². The molecular formula is C13H12ClFN2O2S. The van der Waals surface area contributed by atoms with Gasteiger partial charge in [0.25, 0.3) is 0 Å². The molecule has 2 rings (SSSR count). The minimum absolute atomic E-state index is 0.0468. The average molecular weight is 315 g/mol. The molecule has 0 radical (unpaired) electrons. The van der Waals surface area contributed by atoms with Gasteiger partial charge in [-0.25, -0.2) is 12.8 Å². The lowest BCUT2D eigenvalue weighted by molar-refractivity contribution is 0.602. The van der Waals surface area contributed by atoms with Crippen LogP contribution >= 0.6 is 11.6 Å². The molecular weight excluding hydrogens is 303 g/mol. The Morgan fingerprint density at radius 2 is 1.80 bits per heavy atom. The summed E-state index contributed by atoms with van der Waals surface area (Å²) in [6.45, 7) is 0. The van der Waals surface area contributed by atoms with Crippen LogP contribution in [0.3, 0.4) is 0 Å². The molecule has 0 saturated carbocycles. The smallest absolute Gasteiger partial charge is 0.175 e. The van der Waals surface area contributed by atoms with Crippen LogP contribution in [0, 0.1) is 5.82 Å². The molecule has 2 aromatic rings. The Kier molecular flexibility index (Phi) is 3.87. The van der Waals surface area contributed by atoms with Gasteiger partial charge in [-0.05, 0) is 30.3 Å². The van der Waals surface area contributed by atoms with Gasteiger partial charge in [0, 0.05) is 18.0 Å². The molecule has 106 valence electrons. The molecule has 7 heteroatoms. The number of hydrogen-bond acceptors (Lipinski definition) is 4. The molecule has 0 spiro atoms. The van der Waals surface area contributed by atoms with Crippen LogP contribution in [-0.4, -0.2) is 14.7 Å². The SMILES string of the molecule is CS(=O)(=O)c1ccc(Nc2cc(Cl)c(F)cc2N)cc1. The zero-order valence-corrected chi connectivity index (χ0v) is 12.1. The van der Waals surface area contributed by atoms with E-state index in [-0.39, 0.29) is 15.6 Å².